The first kappa shape index (κ1) is 19.4. The van der Waals surface area contributed by atoms with Gasteiger partial charge < -0.3 is 4.57 Å². The van der Waals surface area contributed by atoms with Crippen LogP contribution < -0.4 is 0 Å². The van der Waals surface area contributed by atoms with E-state index in [9.17, 15) is 0 Å². The highest BCUT2D eigenvalue weighted by Gasteiger charge is 2.32. The molecule has 0 N–H and O–H groups in total. The molecule has 0 amide bonds. The van der Waals surface area contributed by atoms with E-state index in [2.05, 4.69) is 28.3 Å². The molecule has 28 heavy (non-hydrogen) atoms. The highest BCUT2D eigenvalue weighted by atomic mass is 35.5. The minimum absolute atomic E-state index is 0.275. The van der Waals surface area contributed by atoms with E-state index in [1.165, 1.54) is 11.3 Å². The van der Waals surface area contributed by atoms with Gasteiger partial charge in [0.15, 0.2) is 5.67 Å². The van der Waals surface area contributed by atoms with E-state index in [0.717, 1.165) is 41.0 Å². The molecule has 1 aliphatic rings. The zero-order chi connectivity index (χ0) is 20.1. The summed E-state index contributed by atoms with van der Waals surface area (Å²) in [5.41, 5.74) is 3.68. The lowest BCUT2D eigenvalue weighted by Crippen LogP contribution is -2.37. The molecule has 3 aromatic rings. The van der Waals surface area contributed by atoms with Crippen LogP contribution in [0.2, 0.25) is 5.02 Å². The van der Waals surface area contributed by atoms with E-state index < -0.39 is 5.67 Å². The second kappa shape index (κ2) is 7.16. The number of hydrogen-bond acceptors (Lipinski definition) is 2. The normalized spacial score (nSPS) is 17.1. The second-order valence-electron chi connectivity index (χ2n) is 8.38. The van der Waals surface area contributed by atoms with Crippen molar-refractivity contribution in [2.75, 3.05) is 6.54 Å². The molecule has 148 valence electrons. The van der Waals surface area contributed by atoms with Gasteiger partial charge in [0.1, 0.15) is 0 Å². The van der Waals surface area contributed by atoms with Gasteiger partial charge in [-0.3, -0.25) is 9.88 Å². The van der Waals surface area contributed by atoms with E-state index in [1.807, 2.05) is 25.1 Å². The number of halogens is 2. The first-order valence-electron chi connectivity index (χ1n) is 9.91. The lowest BCUT2D eigenvalue weighted by molar-refractivity contribution is 0.153. The maximum absolute atomic E-state index is 16.0. The van der Waals surface area contributed by atoms with Crippen molar-refractivity contribution in [3.63, 3.8) is 0 Å². The first-order chi connectivity index (χ1) is 13.3. The van der Waals surface area contributed by atoms with Gasteiger partial charge in [0, 0.05) is 53.1 Å². The van der Waals surface area contributed by atoms with Crippen LogP contribution in [0.5, 0.6) is 0 Å². The highest BCUT2D eigenvalue weighted by molar-refractivity contribution is 6.31. The summed E-state index contributed by atoms with van der Waals surface area (Å²) in [6, 6.07) is 8.22. The summed E-state index contributed by atoms with van der Waals surface area (Å²) in [6.45, 7) is 10.2. The van der Waals surface area contributed by atoms with E-state index in [1.54, 1.807) is 25.4 Å². The first-order valence-corrected chi connectivity index (χ1v) is 10.3. The number of fused-ring (bicyclic) bond motifs is 3. The maximum atomic E-state index is 16.0. The van der Waals surface area contributed by atoms with Crippen LogP contribution in [0.15, 0.2) is 36.7 Å². The summed E-state index contributed by atoms with van der Waals surface area (Å²) < 4.78 is 18.2. The molecule has 3 heterocycles. The molecule has 0 spiro atoms. The quantitative estimate of drug-likeness (QED) is 0.565. The van der Waals surface area contributed by atoms with E-state index in [4.69, 9.17) is 11.6 Å². The van der Waals surface area contributed by atoms with E-state index in [0.29, 0.717) is 11.6 Å². The van der Waals surface area contributed by atoms with Crippen molar-refractivity contribution in [1.82, 2.24) is 14.5 Å². The molecule has 0 fully saturated rings. The van der Waals surface area contributed by atoms with Crippen LogP contribution in [0, 0.1) is 6.92 Å². The minimum Gasteiger partial charge on any atom is -0.339 e. The summed E-state index contributed by atoms with van der Waals surface area (Å²) in [6.07, 6.45) is 4.37. The van der Waals surface area contributed by atoms with Gasteiger partial charge >= 0.3 is 0 Å². The molecule has 1 unspecified atom stereocenters. The van der Waals surface area contributed by atoms with Gasteiger partial charge in [0.2, 0.25) is 0 Å². The van der Waals surface area contributed by atoms with Crippen molar-refractivity contribution >= 4 is 22.5 Å². The van der Waals surface area contributed by atoms with Crippen molar-refractivity contribution in [2.45, 2.75) is 58.9 Å². The number of pyridine rings is 1. The Morgan fingerprint density at radius 2 is 2.07 bits per heavy atom. The van der Waals surface area contributed by atoms with Crippen LogP contribution in [-0.2, 0) is 25.2 Å². The molecule has 1 atom stereocenters. The second-order valence-corrected chi connectivity index (χ2v) is 8.81. The predicted molar refractivity (Wildman–Crippen MR) is 114 cm³/mol. The molecule has 0 radical (unpaired) electrons. The third-order valence-electron chi connectivity index (χ3n) is 6.02. The van der Waals surface area contributed by atoms with Crippen LogP contribution in [0.3, 0.4) is 0 Å². The van der Waals surface area contributed by atoms with Crippen LogP contribution in [0.4, 0.5) is 4.39 Å². The van der Waals surface area contributed by atoms with Crippen LogP contribution in [0.1, 0.15) is 43.2 Å². The molecular weight excluding hydrogens is 373 g/mol. The van der Waals surface area contributed by atoms with Crippen molar-refractivity contribution in [3.8, 4) is 0 Å². The lowest BCUT2D eigenvalue weighted by Gasteiger charge is -2.32. The molecule has 4 rings (SSSR count). The smallest absolute Gasteiger partial charge is 0.151 e. The van der Waals surface area contributed by atoms with Gasteiger partial charge in [-0.2, -0.15) is 0 Å². The number of aryl methyl sites for hydroxylation is 1. The number of nitrogens with zero attached hydrogens (tertiary/aromatic N) is 3. The van der Waals surface area contributed by atoms with E-state index in [-0.39, 0.29) is 6.54 Å². The third-order valence-corrected chi connectivity index (χ3v) is 6.25. The molecule has 1 aromatic carbocycles. The largest absolute Gasteiger partial charge is 0.339 e. The fourth-order valence-electron chi connectivity index (χ4n) is 4.50. The number of benzene rings is 1. The Labute approximate surface area is 171 Å². The minimum atomic E-state index is -1.49. The Kier molecular flexibility index (Phi) is 4.96. The summed E-state index contributed by atoms with van der Waals surface area (Å²) >= 11 is 6.30. The van der Waals surface area contributed by atoms with Crippen LogP contribution in [0.25, 0.3) is 10.9 Å². The molecule has 5 heteroatoms. The average Bonchev–Trinajstić information content (AvgIpc) is 2.94. The summed E-state index contributed by atoms with van der Waals surface area (Å²) in [5.74, 6) is 0. The van der Waals surface area contributed by atoms with Crippen molar-refractivity contribution in [1.29, 1.82) is 0 Å². The van der Waals surface area contributed by atoms with Crippen LogP contribution >= 0.6 is 11.6 Å². The number of alkyl halides is 1. The molecule has 3 nitrogen and oxygen atoms in total. The number of rotatable bonds is 4. The summed E-state index contributed by atoms with van der Waals surface area (Å²) in [7, 11) is 0. The Morgan fingerprint density at radius 1 is 1.29 bits per heavy atom. The fraction of sp³-hybridized carbons (Fsp3) is 0.435. The van der Waals surface area contributed by atoms with Gasteiger partial charge in [-0.1, -0.05) is 11.6 Å². The average molecular weight is 400 g/mol. The number of aromatic nitrogens is 2. The molecule has 0 bridgehead atoms. The zero-order valence-electron chi connectivity index (χ0n) is 17.0. The van der Waals surface area contributed by atoms with Crippen molar-refractivity contribution < 1.29 is 4.39 Å². The Morgan fingerprint density at radius 3 is 2.79 bits per heavy atom. The Balaban J connectivity index is 1.84. The fourth-order valence-corrected chi connectivity index (χ4v) is 4.67. The predicted octanol–water partition coefficient (Wildman–Crippen LogP) is 5.65. The molecule has 0 saturated carbocycles. The maximum Gasteiger partial charge on any atom is 0.151 e. The van der Waals surface area contributed by atoms with Gasteiger partial charge in [-0.15, -0.1) is 0 Å². The monoisotopic (exact) mass is 399 g/mol. The van der Waals surface area contributed by atoms with Crippen molar-refractivity contribution in [2.24, 2.45) is 0 Å². The molecule has 2 aromatic heterocycles. The zero-order valence-corrected chi connectivity index (χ0v) is 17.7. The SMILES string of the molecule is Cc1cnccc1C(C)(F)Cn1c2c(c3cc(Cl)ccc31)CCN(C(C)C)C2. The molecule has 0 aliphatic carbocycles. The topological polar surface area (TPSA) is 21.1 Å². The highest BCUT2D eigenvalue weighted by Crippen LogP contribution is 2.37. The summed E-state index contributed by atoms with van der Waals surface area (Å²) in [5, 5.41) is 1.89. The van der Waals surface area contributed by atoms with Gasteiger partial charge in [0.05, 0.1) is 6.54 Å². The van der Waals surface area contributed by atoms with Crippen molar-refractivity contribution in [3.05, 3.63) is 64.1 Å². The van der Waals surface area contributed by atoms with Gasteiger partial charge in [-0.25, -0.2) is 4.39 Å². The number of hydrogen-bond donors (Lipinski definition) is 0. The van der Waals surface area contributed by atoms with E-state index >= 15 is 4.39 Å². The lowest BCUT2D eigenvalue weighted by atomic mass is 9.94. The van der Waals surface area contributed by atoms with Gasteiger partial charge in [0.25, 0.3) is 0 Å². The molecule has 1 aliphatic heterocycles. The standard InChI is InChI=1S/C23H27ClFN3/c1-15(2)27-10-8-18-19-11-17(24)5-6-21(19)28(22(18)13-27)14-23(4,25)20-7-9-26-12-16(20)3/h5-7,9,11-12,15H,8,10,13-14H2,1-4H3. The molecular formula is C23H27ClFN3. The van der Waals surface area contributed by atoms with Crippen LogP contribution in [-0.4, -0.2) is 27.0 Å². The Bertz CT molecular complexity index is 1020. The molecule has 0 saturated heterocycles. The Hall–Kier alpha value is -1.91. The summed E-state index contributed by atoms with van der Waals surface area (Å²) in [4.78, 5) is 6.57. The van der Waals surface area contributed by atoms with Gasteiger partial charge in [-0.05, 0) is 75.1 Å². The third kappa shape index (κ3) is 3.33.